The lowest BCUT2D eigenvalue weighted by Crippen LogP contribution is -1.99. The van der Waals surface area contributed by atoms with Crippen LogP contribution in [0.25, 0.3) is 10.6 Å². The largest absolute Gasteiger partial charge is 0.477 e. The molecule has 2 rings (SSSR count). The number of aromatic nitrogens is 1. The first kappa shape index (κ1) is 10.8. The molecule has 6 heteroatoms. The van der Waals surface area contributed by atoms with Gasteiger partial charge in [0.1, 0.15) is 16.1 Å². The van der Waals surface area contributed by atoms with Crippen LogP contribution in [0.3, 0.4) is 0 Å². The number of nitrogens with zero attached hydrogens (tertiary/aromatic N) is 1. The van der Waals surface area contributed by atoms with Crippen molar-refractivity contribution in [2.75, 3.05) is 7.11 Å². The number of hydrogen-bond acceptors (Lipinski definition) is 5. The molecule has 0 radical (unpaired) electrons. The van der Waals surface area contributed by atoms with Crippen molar-refractivity contribution in [1.29, 1.82) is 0 Å². The van der Waals surface area contributed by atoms with Crippen molar-refractivity contribution in [3.05, 3.63) is 29.2 Å². The first-order valence-corrected chi connectivity index (χ1v) is 5.28. The smallest absolute Gasteiger partial charge is 0.347 e. The monoisotopic (exact) mass is 239 g/mol. The van der Waals surface area contributed by atoms with E-state index < -0.39 is 5.97 Å². The van der Waals surface area contributed by atoms with E-state index in [1.807, 2.05) is 0 Å². The molecule has 0 saturated carbocycles. The second-order valence-corrected chi connectivity index (χ2v) is 4.04. The summed E-state index contributed by atoms with van der Waals surface area (Å²) in [5, 5.41) is 9.62. The molecule has 16 heavy (non-hydrogen) atoms. The van der Waals surface area contributed by atoms with E-state index in [9.17, 15) is 4.79 Å². The summed E-state index contributed by atoms with van der Waals surface area (Å²) in [6.45, 7) is 0.190. The van der Waals surface area contributed by atoms with E-state index >= 15 is 0 Å². The molecule has 84 valence electrons. The average Bonchev–Trinajstić information content (AvgIpc) is 2.83. The topological polar surface area (TPSA) is 72.6 Å². The van der Waals surface area contributed by atoms with Crippen molar-refractivity contribution in [2.45, 2.75) is 6.61 Å². The average molecular weight is 239 g/mol. The lowest BCUT2D eigenvalue weighted by atomic mass is 10.3. The number of thiazole rings is 1. The quantitative estimate of drug-likeness (QED) is 0.885. The van der Waals surface area contributed by atoms with Gasteiger partial charge >= 0.3 is 5.97 Å². The first-order valence-electron chi connectivity index (χ1n) is 4.47. The van der Waals surface area contributed by atoms with Crippen LogP contribution in [-0.2, 0) is 11.3 Å². The second kappa shape index (κ2) is 4.46. The van der Waals surface area contributed by atoms with Crippen molar-refractivity contribution >= 4 is 17.3 Å². The molecule has 0 aliphatic rings. The Morgan fingerprint density at radius 3 is 3.06 bits per heavy atom. The van der Waals surface area contributed by atoms with Crippen LogP contribution in [0.2, 0.25) is 0 Å². The highest BCUT2D eigenvalue weighted by Crippen LogP contribution is 2.28. The Hall–Kier alpha value is -1.66. The fourth-order valence-corrected chi connectivity index (χ4v) is 2.16. The maximum Gasteiger partial charge on any atom is 0.347 e. The number of furan rings is 1. The predicted octanol–water partition coefficient (Wildman–Crippen LogP) is 2.25. The van der Waals surface area contributed by atoms with Crippen molar-refractivity contribution in [3.63, 3.8) is 0 Å². The normalized spacial score (nSPS) is 10.6. The van der Waals surface area contributed by atoms with Crippen LogP contribution in [0.5, 0.6) is 0 Å². The molecular weight excluding hydrogens is 230 g/mol. The molecule has 0 aliphatic heterocycles. The molecule has 1 N–H and O–H groups in total. The number of carboxylic acid groups (broad SMARTS) is 1. The van der Waals surface area contributed by atoms with E-state index in [0.717, 1.165) is 16.9 Å². The molecule has 0 bridgehead atoms. The van der Waals surface area contributed by atoms with E-state index in [1.54, 1.807) is 6.07 Å². The van der Waals surface area contributed by atoms with Crippen LogP contribution in [0, 0.1) is 0 Å². The number of methoxy groups -OCH3 is 1. The number of rotatable bonds is 4. The summed E-state index contributed by atoms with van der Waals surface area (Å²) in [5.74, 6) is -0.987. The Morgan fingerprint density at radius 1 is 1.69 bits per heavy atom. The molecule has 0 saturated heterocycles. The zero-order chi connectivity index (χ0) is 11.5. The van der Waals surface area contributed by atoms with Crippen LogP contribution in [0.15, 0.2) is 23.0 Å². The molecule has 0 unspecified atom stereocenters. The molecule has 0 fully saturated rings. The Bertz CT molecular complexity index is 489. The minimum Gasteiger partial charge on any atom is -0.477 e. The maximum atomic E-state index is 11.0. The molecule has 0 atom stereocenters. The Kier molecular flexibility index (Phi) is 3.02. The SMILES string of the molecule is COCc1nc(-c2ccoc2)sc1C(=O)O. The molecule has 0 spiro atoms. The van der Waals surface area contributed by atoms with E-state index in [0.29, 0.717) is 10.7 Å². The number of hydrogen-bond donors (Lipinski definition) is 1. The van der Waals surface area contributed by atoms with Gasteiger partial charge in [-0.25, -0.2) is 9.78 Å². The van der Waals surface area contributed by atoms with Crippen LogP contribution in [0.4, 0.5) is 0 Å². The fourth-order valence-electron chi connectivity index (χ4n) is 1.26. The number of carbonyl (C=O) groups is 1. The zero-order valence-corrected chi connectivity index (χ0v) is 9.28. The van der Waals surface area contributed by atoms with Gasteiger partial charge in [-0.2, -0.15) is 0 Å². The van der Waals surface area contributed by atoms with Crippen molar-refractivity contribution < 1.29 is 19.1 Å². The molecule has 2 aromatic heterocycles. The predicted molar refractivity (Wildman–Crippen MR) is 57.5 cm³/mol. The number of aromatic carboxylic acids is 1. The Balaban J connectivity index is 2.42. The Labute approximate surface area is 95.3 Å². The van der Waals surface area contributed by atoms with Crippen LogP contribution < -0.4 is 0 Å². The fraction of sp³-hybridized carbons (Fsp3) is 0.200. The molecule has 0 aliphatic carbocycles. The van der Waals surface area contributed by atoms with Gasteiger partial charge in [-0.05, 0) is 6.07 Å². The van der Waals surface area contributed by atoms with Crippen molar-refractivity contribution in [3.8, 4) is 10.6 Å². The highest BCUT2D eigenvalue weighted by molar-refractivity contribution is 7.17. The zero-order valence-electron chi connectivity index (χ0n) is 8.47. The van der Waals surface area contributed by atoms with E-state index in [1.165, 1.54) is 19.6 Å². The lowest BCUT2D eigenvalue weighted by molar-refractivity contribution is 0.0697. The summed E-state index contributed by atoms with van der Waals surface area (Å²) in [6.07, 6.45) is 3.05. The van der Waals surface area contributed by atoms with Gasteiger partial charge in [0.2, 0.25) is 0 Å². The van der Waals surface area contributed by atoms with E-state index in [4.69, 9.17) is 14.3 Å². The third kappa shape index (κ3) is 1.98. The summed E-state index contributed by atoms with van der Waals surface area (Å²) >= 11 is 1.11. The van der Waals surface area contributed by atoms with Gasteiger partial charge in [0.25, 0.3) is 0 Å². The standard InChI is InChI=1S/C10H9NO4S/c1-14-5-7-8(10(12)13)16-9(11-7)6-2-3-15-4-6/h2-4H,5H2,1H3,(H,12,13). The van der Waals surface area contributed by atoms with Crippen LogP contribution in [-0.4, -0.2) is 23.2 Å². The van der Waals surface area contributed by atoms with Gasteiger partial charge in [-0.1, -0.05) is 0 Å². The van der Waals surface area contributed by atoms with Crippen molar-refractivity contribution in [1.82, 2.24) is 4.98 Å². The summed E-state index contributed by atoms with van der Waals surface area (Å²) in [7, 11) is 1.50. The van der Waals surface area contributed by atoms with E-state index in [2.05, 4.69) is 4.98 Å². The highest BCUT2D eigenvalue weighted by Gasteiger charge is 2.18. The molecular formula is C10H9NO4S. The lowest BCUT2D eigenvalue weighted by Gasteiger charge is -1.94. The summed E-state index contributed by atoms with van der Waals surface area (Å²) in [6, 6.07) is 1.74. The maximum absolute atomic E-state index is 11.0. The molecule has 0 aromatic carbocycles. The minimum absolute atomic E-state index is 0.190. The van der Waals surface area contributed by atoms with Gasteiger partial charge in [0.05, 0.1) is 18.6 Å². The van der Waals surface area contributed by atoms with Crippen molar-refractivity contribution in [2.24, 2.45) is 0 Å². The van der Waals surface area contributed by atoms with Crippen LogP contribution in [0.1, 0.15) is 15.4 Å². The van der Waals surface area contributed by atoms with Gasteiger partial charge in [-0.15, -0.1) is 11.3 Å². The minimum atomic E-state index is -0.987. The number of carboxylic acids is 1. The third-order valence-electron chi connectivity index (χ3n) is 1.94. The van der Waals surface area contributed by atoms with Crippen LogP contribution >= 0.6 is 11.3 Å². The first-order chi connectivity index (χ1) is 7.72. The van der Waals surface area contributed by atoms with Gasteiger partial charge in [0.15, 0.2) is 0 Å². The number of ether oxygens (including phenoxy) is 1. The molecule has 2 aromatic rings. The van der Waals surface area contributed by atoms with Gasteiger partial charge < -0.3 is 14.3 Å². The highest BCUT2D eigenvalue weighted by atomic mass is 32.1. The summed E-state index contributed by atoms with van der Waals surface area (Å²) in [5.41, 5.74) is 1.21. The summed E-state index contributed by atoms with van der Waals surface area (Å²) in [4.78, 5) is 15.4. The van der Waals surface area contributed by atoms with Gasteiger partial charge in [0, 0.05) is 12.7 Å². The van der Waals surface area contributed by atoms with Gasteiger partial charge in [-0.3, -0.25) is 0 Å². The molecule has 2 heterocycles. The second-order valence-electron chi connectivity index (χ2n) is 3.05. The molecule has 5 nitrogen and oxygen atoms in total. The third-order valence-corrected chi connectivity index (χ3v) is 3.08. The Morgan fingerprint density at radius 2 is 2.50 bits per heavy atom. The van der Waals surface area contributed by atoms with E-state index in [-0.39, 0.29) is 11.5 Å². The molecule has 0 amide bonds. The summed E-state index contributed by atoms with van der Waals surface area (Å²) < 4.78 is 9.83.